The lowest BCUT2D eigenvalue weighted by Crippen LogP contribution is -2.22. The fraction of sp³-hybridized carbons (Fsp3) is 0.536. The van der Waals surface area contributed by atoms with Gasteiger partial charge in [0.25, 0.3) is 0 Å². The first-order valence-corrected chi connectivity index (χ1v) is 11.2. The van der Waals surface area contributed by atoms with Crippen LogP contribution in [0.25, 0.3) is 5.57 Å². The van der Waals surface area contributed by atoms with Gasteiger partial charge in [-0.05, 0) is 71.6 Å². The van der Waals surface area contributed by atoms with Crippen LogP contribution in [-0.2, 0) is 15.6 Å². The van der Waals surface area contributed by atoms with Gasteiger partial charge in [-0.3, -0.25) is 4.79 Å². The second kappa shape index (κ2) is 9.37. The van der Waals surface area contributed by atoms with Crippen molar-refractivity contribution >= 4 is 11.5 Å². The van der Waals surface area contributed by atoms with Crippen molar-refractivity contribution in [3.8, 4) is 0 Å². The minimum atomic E-state index is -0.640. The molecule has 0 atom stereocenters. The Morgan fingerprint density at radius 1 is 0.967 bits per heavy atom. The number of rotatable bonds is 5. The summed E-state index contributed by atoms with van der Waals surface area (Å²) in [5.74, 6) is -0.298. The first-order chi connectivity index (χ1) is 13.8. The highest BCUT2D eigenvalue weighted by atomic mass is 16.4. The molecule has 0 aromatic heterocycles. The summed E-state index contributed by atoms with van der Waals surface area (Å²) in [5, 5.41) is 9.17. The van der Waals surface area contributed by atoms with Gasteiger partial charge in [0.1, 0.15) is 0 Å². The van der Waals surface area contributed by atoms with E-state index >= 15 is 0 Å². The molecule has 1 aliphatic carbocycles. The molecule has 2 heteroatoms. The molecule has 2 nitrogen and oxygen atoms in total. The average molecular weight is 409 g/mol. The van der Waals surface area contributed by atoms with E-state index in [0.717, 1.165) is 36.8 Å². The minimum absolute atomic E-state index is 0.0773. The van der Waals surface area contributed by atoms with E-state index in [2.05, 4.69) is 91.5 Å². The molecule has 0 amide bonds. The molecule has 1 N–H and O–H groups in total. The van der Waals surface area contributed by atoms with Crippen molar-refractivity contribution in [3.05, 3.63) is 65.3 Å². The maximum Gasteiger partial charge on any atom is 0.306 e. The van der Waals surface area contributed by atoms with Crippen LogP contribution in [0.4, 0.5) is 0 Å². The molecule has 1 aliphatic rings. The van der Waals surface area contributed by atoms with Crippen LogP contribution in [0.5, 0.6) is 0 Å². The monoisotopic (exact) mass is 408 g/mol. The molecule has 0 bridgehead atoms. The summed E-state index contributed by atoms with van der Waals surface area (Å²) in [6, 6.07) is 6.75. The Labute approximate surface area is 183 Å². The topological polar surface area (TPSA) is 37.3 Å². The quantitative estimate of drug-likeness (QED) is 0.507. The number of hydrogen-bond acceptors (Lipinski definition) is 1. The first kappa shape index (κ1) is 24.2. The van der Waals surface area contributed by atoms with Crippen molar-refractivity contribution in [2.45, 2.75) is 85.0 Å². The Kier molecular flexibility index (Phi) is 7.55. The van der Waals surface area contributed by atoms with Gasteiger partial charge >= 0.3 is 5.97 Å². The van der Waals surface area contributed by atoms with Crippen molar-refractivity contribution in [1.82, 2.24) is 0 Å². The summed E-state index contributed by atoms with van der Waals surface area (Å²) in [6.07, 6.45) is 9.87. The second-order valence-electron chi connectivity index (χ2n) is 10.9. The van der Waals surface area contributed by atoms with E-state index < -0.39 is 5.97 Å². The summed E-state index contributed by atoms with van der Waals surface area (Å²) in [7, 11) is 0. The smallest absolute Gasteiger partial charge is 0.306 e. The minimum Gasteiger partial charge on any atom is -0.481 e. The van der Waals surface area contributed by atoms with E-state index in [-0.39, 0.29) is 16.7 Å². The summed E-state index contributed by atoms with van der Waals surface area (Å²) in [4.78, 5) is 11.1. The molecule has 1 fully saturated rings. The van der Waals surface area contributed by atoms with Gasteiger partial charge in [-0.25, -0.2) is 0 Å². The molecular weight excluding hydrogens is 368 g/mol. The summed E-state index contributed by atoms with van der Waals surface area (Å²) in [5.41, 5.74) is 6.47. The summed E-state index contributed by atoms with van der Waals surface area (Å²) in [6.45, 7) is 20.1. The van der Waals surface area contributed by atoms with Crippen LogP contribution >= 0.6 is 0 Å². The summed E-state index contributed by atoms with van der Waals surface area (Å²) >= 11 is 0. The van der Waals surface area contributed by atoms with Gasteiger partial charge in [0.15, 0.2) is 0 Å². The van der Waals surface area contributed by atoms with Crippen molar-refractivity contribution in [2.24, 2.45) is 11.8 Å². The zero-order valence-corrected chi connectivity index (χ0v) is 20.0. The van der Waals surface area contributed by atoms with E-state index in [1.807, 2.05) is 0 Å². The number of carboxylic acid groups (broad SMARTS) is 1. The van der Waals surface area contributed by atoms with Gasteiger partial charge in [-0.15, -0.1) is 0 Å². The Bertz CT molecular complexity index is 832. The van der Waals surface area contributed by atoms with Crippen LogP contribution in [0.2, 0.25) is 0 Å². The molecule has 30 heavy (non-hydrogen) atoms. The summed E-state index contributed by atoms with van der Waals surface area (Å²) < 4.78 is 0. The average Bonchev–Trinajstić information content (AvgIpc) is 2.66. The molecule has 164 valence electrons. The molecule has 0 unspecified atom stereocenters. The Morgan fingerprint density at radius 2 is 1.50 bits per heavy atom. The Balaban J connectivity index is 2.13. The molecule has 1 saturated carbocycles. The largest absolute Gasteiger partial charge is 0.481 e. The van der Waals surface area contributed by atoms with E-state index in [4.69, 9.17) is 5.11 Å². The fourth-order valence-corrected chi connectivity index (χ4v) is 4.36. The number of carbonyl (C=O) groups is 1. The molecule has 0 aliphatic heterocycles. The van der Waals surface area contributed by atoms with Crippen LogP contribution in [-0.4, -0.2) is 11.1 Å². The highest BCUT2D eigenvalue weighted by molar-refractivity contribution is 5.73. The normalized spacial score (nSPS) is 21.1. The highest BCUT2D eigenvalue weighted by Crippen LogP contribution is 2.36. The number of hydrogen-bond donors (Lipinski definition) is 1. The number of carboxylic acids is 1. The van der Waals surface area contributed by atoms with Gasteiger partial charge in [-0.1, -0.05) is 90.1 Å². The van der Waals surface area contributed by atoms with Gasteiger partial charge in [0.2, 0.25) is 0 Å². The van der Waals surface area contributed by atoms with Gasteiger partial charge in [-0.2, -0.15) is 0 Å². The van der Waals surface area contributed by atoms with Crippen LogP contribution in [0.1, 0.15) is 90.8 Å². The van der Waals surface area contributed by atoms with Gasteiger partial charge in [0, 0.05) is 0 Å². The first-order valence-electron chi connectivity index (χ1n) is 11.2. The van der Waals surface area contributed by atoms with Gasteiger partial charge in [0.05, 0.1) is 5.92 Å². The molecule has 0 radical (unpaired) electrons. The molecule has 2 rings (SSSR count). The van der Waals surface area contributed by atoms with E-state index in [0.29, 0.717) is 5.92 Å². The van der Waals surface area contributed by atoms with E-state index in [1.165, 1.54) is 16.7 Å². The highest BCUT2D eigenvalue weighted by Gasteiger charge is 2.27. The molecule has 0 spiro atoms. The third kappa shape index (κ3) is 6.20. The predicted molar refractivity (Wildman–Crippen MR) is 129 cm³/mol. The second-order valence-corrected chi connectivity index (χ2v) is 10.9. The number of allylic oxidation sites excluding steroid dienone is 5. The lowest BCUT2D eigenvalue weighted by molar-refractivity contribution is -0.143. The van der Waals surface area contributed by atoms with Crippen molar-refractivity contribution < 1.29 is 9.90 Å². The zero-order chi connectivity index (χ0) is 22.7. The lowest BCUT2D eigenvalue weighted by Gasteiger charge is -2.30. The Hall–Kier alpha value is -2.09. The fourth-order valence-electron chi connectivity index (χ4n) is 4.36. The van der Waals surface area contributed by atoms with E-state index in [9.17, 15) is 4.79 Å². The maximum atomic E-state index is 11.1. The molecular formula is C28H40O2. The number of benzene rings is 1. The van der Waals surface area contributed by atoms with Crippen molar-refractivity contribution in [1.29, 1.82) is 0 Å². The molecule has 1 aromatic rings. The van der Waals surface area contributed by atoms with Gasteiger partial charge < -0.3 is 5.11 Å². The molecule has 0 saturated heterocycles. The lowest BCUT2D eigenvalue weighted by atomic mass is 9.74. The third-order valence-electron chi connectivity index (χ3n) is 6.38. The van der Waals surface area contributed by atoms with Crippen LogP contribution in [0, 0.1) is 11.8 Å². The predicted octanol–water partition coefficient (Wildman–Crippen LogP) is 7.69. The van der Waals surface area contributed by atoms with Crippen molar-refractivity contribution in [2.75, 3.05) is 0 Å². The molecule has 1 aromatic carbocycles. The Morgan fingerprint density at radius 3 is 2.00 bits per heavy atom. The van der Waals surface area contributed by atoms with Crippen LogP contribution in [0.15, 0.2) is 48.6 Å². The third-order valence-corrected chi connectivity index (χ3v) is 6.38. The standard InChI is InChI=1S/C28H40O2/c1-19(21-12-14-22(15-13-21)26(29)30)10-9-11-20(2)23-16-17-24(27(3,4)5)25(18-23)28(6,7)8/h9-11,16-18,21-22H,2,12-15H2,1,3-8H3,(H,29,30)/b11-9-,19-10+. The van der Waals surface area contributed by atoms with Crippen molar-refractivity contribution in [3.63, 3.8) is 0 Å². The SMILES string of the molecule is C=C(/C=C\C=C(/C)C1CCC(C(=O)O)CC1)c1ccc(C(C)(C)C)c(C(C)(C)C)c1. The van der Waals surface area contributed by atoms with E-state index in [1.54, 1.807) is 0 Å². The zero-order valence-electron chi connectivity index (χ0n) is 20.0. The number of aliphatic carboxylic acids is 1. The maximum absolute atomic E-state index is 11.1. The van der Waals surface area contributed by atoms with Crippen LogP contribution in [0.3, 0.4) is 0 Å². The molecule has 0 heterocycles. The van der Waals surface area contributed by atoms with Crippen LogP contribution < -0.4 is 0 Å².